The Morgan fingerprint density at radius 3 is 0.800 bits per heavy atom. The van der Waals surface area contributed by atoms with Gasteiger partial charge in [0.25, 0.3) is 0 Å². The molecule has 15 heavy (non-hydrogen) atoms. The Morgan fingerprint density at radius 1 is 0.467 bits per heavy atom. The van der Waals surface area contributed by atoms with Crippen LogP contribution in [0.25, 0.3) is 0 Å². The van der Waals surface area contributed by atoms with E-state index in [0.29, 0.717) is 0 Å². The smallest absolute Gasteiger partial charge is 0.358 e. The van der Waals surface area contributed by atoms with Gasteiger partial charge in [-0.15, -0.1) is 0 Å². The van der Waals surface area contributed by atoms with Gasteiger partial charge in [-0.3, -0.25) is 0 Å². The molecule has 0 heterocycles. The largest absolute Gasteiger partial charge is 4.00 e. The van der Waals surface area contributed by atoms with Crippen LogP contribution in [-0.2, 0) is 21.7 Å². The summed E-state index contributed by atoms with van der Waals surface area (Å²) in [5.41, 5.74) is 0. The number of hydrogen-bond acceptors (Lipinski definition) is 0. The van der Waals surface area contributed by atoms with Crippen molar-refractivity contribution in [3.05, 3.63) is 87.6 Å². The van der Waals surface area contributed by atoms with Crippen LogP contribution in [0, 0.1) is 27.0 Å². The van der Waals surface area contributed by atoms with Crippen molar-refractivity contribution in [2.75, 3.05) is 0 Å². The Labute approximate surface area is 109 Å². The average Bonchev–Trinajstić information content (AvgIpc) is 2.24. The van der Waals surface area contributed by atoms with Gasteiger partial charge in [-0.05, 0) is 0 Å². The summed E-state index contributed by atoms with van der Waals surface area (Å²) in [7, 11) is 0. The zero-order valence-corrected chi connectivity index (χ0v) is 10.8. The average molecular weight is 232 g/mol. The summed E-state index contributed by atoms with van der Waals surface area (Å²) in [5, 5.41) is 0. The van der Waals surface area contributed by atoms with Crippen LogP contribution in [0.1, 0.15) is 0 Å². The van der Waals surface area contributed by atoms with E-state index >= 15 is 0 Å². The van der Waals surface area contributed by atoms with Gasteiger partial charge in [0.15, 0.2) is 0 Å². The Hall–Kier alpha value is -0.846. The van der Waals surface area contributed by atoms with E-state index in [9.17, 15) is 0 Å². The molecular weight excluding hydrogens is 216 g/mol. The fourth-order valence-electron chi connectivity index (χ4n) is 0.684. The molecule has 0 amide bonds. The second kappa shape index (κ2) is 15.6. The van der Waals surface area contributed by atoms with Gasteiger partial charge in [0.05, 0.1) is 0 Å². The topological polar surface area (TPSA) is 0 Å². The van der Waals surface area contributed by atoms with Crippen molar-refractivity contribution in [3.63, 3.8) is 0 Å². The molecule has 0 aliphatic rings. The van der Waals surface area contributed by atoms with Crippen LogP contribution in [0.5, 0.6) is 0 Å². The van der Waals surface area contributed by atoms with Crippen molar-refractivity contribution in [1.29, 1.82) is 0 Å². The van der Waals surface area contributed by atoms with Gasteiger partial charge in [-0.25, -0.2) is 0 Å². The van der Waals surface area contributed by atoms with Crippen molar-refractivity contribution in [1.82, 2.24) is 0 Å². The second-order valence-electron chi connectivity index (χ2n) is 2.15. The Bertz CT molecular complexity index is 181. The second-order valence-corrected chi connectivity index (χ2v) is 2.15. The summed E-state index contributed by atoms with van der Waals surface area (Å²) in [4.78, 5) is 0. The van der Waals surface area contributed by atoms with E-state index in [0.717, 1.165) is 0 Å². The molecule has 2 aromatic carbocycles. The van der Waals surface area contributed by atoms with Gasteiger partial charge in [0.2, 0.25) is 0 Å². The summed E-state index contributed by atoms with van der Waals surface area (Å²) < 4.78 is 0. The molecule has 0 unspecified atom stereocenters. The Balaban J connectivity index is -0.000000160. The first-order chi connectivity index (χ1) is 6.00. The van der Waals surface area contributed by atoms with Crippen LogP contribution in [0.4, 0.5) is 0 Å². The first-order valence-electron chi connectivity index (χ1n) is 3.82. The molecule has 0 radical (unpaired) electrons. The molecule has 0 nitrogen and oxygen atoms in total. The Kier molecular flexibility index (Phi) is 20.5. The fraction of sp³-hybridized carbons (Fsp3) is 0. The Morgan fingerprint density at radius 2 is 0.733 bits per heavy atom. The zero-order valence-electron chi connectivity index (χ0n) is 9.27. The number of rotatable bonds is 0. The summed E-state index contributed by atoms with van der Waals surface area (Å²) in [6, 6.07) is 25.0. The normalized spacial score (nSPS) is 6.40. The minimum absolute atomic E-state index is 0. The van der Waals surface area contributed by atoms with Gasteiger partial charge in [0.1, 0.15) is 0 Å². The molecule has 0 spiro atoms. The van der Waals surface area contributed by atoms with Gasteiger partial charge < -0.3 is 14.9 Å². The summed E-state index contributed by atoms with van der Waals surface area (Å²) in [6.07, 6.45) is 0. The van der Waals surface area contributed by atoms with Crippen molar-refractivity contribution >= 4 is 0 Å². The van der Waals surface area contributed by atoms with Crippen LogP contribution < -0.4 is 0 Å². The molecule has 0 fully saturated rings. The third-order valence-electron chi connectivity index (χ3n) is 1.21. The molecule has 2 rings (SSSR count). The van der Waals surface area contributed by atoms with E-state index in [1.54, 1.807) is 0 Å². The molecule has 0 aromatic heterocycles. The predicted molar refractivity (Wildman–Crippen MR) is 63.4 cm³/mol. The molecule has 0 aliphatic heterocycles. The van der Waals surface area contributed by atoms with E-state index in [-0.39, 0.29) is 36.6 Å². The monoisotopic (exact) mass is 232 g/mol. The van der Waals surface area contributed by atoms with E-state index in [1.165, 1.54) is 0 Å². The van der Waals surface area contributed by atoms with E-state index in [1.807, 2.05) is 60.7 Å². The quantitative estimate of drug-likeness (QED) is 0.477. The van der Waals surface area contributed by atoms with Crippen molar-refractivity contribution < 1.29 is 21.7 Å². The molecule has 1 heteroatoms. The minimum Gasteiger partial charge on any atom is -0.358 e. The van der Waals surface area contributed by atoms with Gasteiger partial charge in [-0.2, -0.15) is 72.8 Å². The molecule has 0 bridgehead atoms. The van der Waals surface area contributed by atoms with Crippen LogP contribution >= 0.6 is 0 Å². The SMILES string of the molecule is [CH3-].[CH3-].[Ti+4].[c-]1ccccc1.[c-]1ccccc1. The van der Waals surface area contributed by atoms with Crippen molar-refractivity contribution in [3.8, 4) is 0 Å². The van der Waals surface area contributed by atoms with E-state index < -0.39 is 0 Å². The molecule has 0 atom stereocenters. The van der Waals surface area contributed by atoms with Gasteiger partial charge in [0, 0.05) is 0 Å². The van der Waals surface area contributed by atoms with Crippen LogP contribution in [0.3, 0.4) is 0 Å². The third kappa shape index (κ3) is 13.2. The van der Waals surface area contributed by atoms with Crippen LogP contribution in [0.2, 0.25) is 0 Å². The standard InChI is InChI=1S/2C6H5.2CH3.Ti/c2*1-2-4-6-5-3-1;;;/h2*1-5H;2*1H3;/q4*-1;+4. The first kappa shape index (κ1) is 19.7. The molecule has 0 aliphatic carbocycles. The maximum Gasteiger partial charge on any atom is 4.00 e. The molecule has 0 N–H and O–H groups in total. The minimum atomic E-state index is 0. The fourth-order valence-corrected chi connectivity index (χ4v) is 0.684. The van der Waals surface area contributed by atoms with Crippen molar-refractivity contribution in [2.24, 2.45) is 0 Å². The third-order valence-corrected chi connectivity index (χ3v) is 1.21. The predicted octanol–water partition coefficient (Wildman–Crippen LogP) is 3.87. The van der Waals surface area contributed by atoms with Crippen LogP contribution in [-0.4, -0.2) is 0 Å². The molecular formula is C14H16Ti. The maximum absolute atomic E-state index is 2.89. The first-order valence-corrected chi connectivity index (χ1v) is 3.82. The number of hydrogen-bond donors (Lipinski definition) is 0. The van der Waals surface area contributed by atoms with E-state index in [4.69, 9.17) is 0 Å². The summed E-state index contributed by atoms with van der Waals surface area (Å²) in [5.74, 6) is 0. The molecule has 76 valence electrons. The molecule has 0 saturated heterocycles. The van der Waals surface area contributed by atoms with E-state index in [2.05, 4.69) is 12.1 Å². The van der Waals surface area contributed by atoms with Gasteiger partial charge >= 0.3 is 21.7 Å². The molecule has 0 saturated carbocycles. The summed E-state index contributed by atoms with van der Waals surface area (Å²) in [6.45, 7) is 0. The zero-order chi connectivity index (χ0) is 8.49. The summed E-state index contributed by atoms with van der Waals surface area (Å²) >= 11 is 0. The van der Waals surface area contributed by atoms with Crippen molar-refractivity contribution in [2.45, 2.75) is 0 Å². The van der Waals surface area contributed by atoms with Gasteiger partial charge in [-0.1, -0.05) is 0 Å². The number of benzene rings is 2. The maximum atomic E-state index is 2.89. The molecule has 2 aromatic rings. The van der Waals surface area contributed by atoms with Crippen LogP contribution in [0.15, 0.2) is 60.7 Å².